The number of carbonyl (C=O) groups is 2. The van der Waals surface area contributed by atoms with Crippen LogP contribution in [0, 0.1) is 0 Å². The van der Waals surface area contributed by atoms with Crippen molar-refractivity contribution >= 4 is 11.8 Å². The minimum Gasteiger partial charge on any atom is -0.497 e. The Morgan fingerprint density at radius 1 is 0.793 bits per heavy atom. The number of ether oxygens (including phenoxy) is 1. The van der Waals surface area contributed by atoms with Crippen molar-refractivity contribution in [3.63, 3.8) is 0 Å². The van der Waals surface area contributed by atoms with Crippen molar-refractivity contribution in [2.45, 2.75) is 6.42 Å². The maximum Gasteiger partial charge on any atom is 0.274 e. The maximum absolute atomic E-state index is 12.3. The highest BCUT2D eigenvalue weighted by molar-refractivity contribution is 5.95. The fraction of sp³-hybridized carbons (Fsp3) is 0.130. The van der Waals surface area contributed by atoms with Crippen LogP contribution in [0.3, 0.4) is 0 Å². The van der Waals surface area contributed by atoms with Gasteiger partial charge in [0.2, 0.25) is 0 Å². The summed E-state index contributed by atoms with van der Waals surface area (Å²) in [6.45, 7) is 0.543. The molecule has 29 heavy (non-hydrogen) atoms. The van der Waals surface area contributed by atoms with Crippen molar-refractivity contribution < 1.29 is 19.5 Å². The lowest BCUT2D eigenvalue weighted by atomic mass is 10.0. The van der Waals surface area contributed by atoms with E-state index < -0.39 is 5.91 Å². The molecule has 0 unspecified atom stereocenters. The summed E-state index contributed by atoms with van der Waals surface area (Å²) < 4.78 is 5.14. The smallest absolute Gasteiger partial charge is 0.274 e. The number of nitrogens with one attached hydrogen (secondary N) is 2. The molecule has 3 N–H and O–H groups in total. The van der Waals surface area contributed by atoms with Crippen molar-refractivity contribution in [1.29, 1.82) is 0 Å². The van der Waals surface area contributed by atoms with Crippen LogP contribution in [0.1, 0.15) is 26.3 Å². The van der Waals surface area contributed by atoms with Crippen LogP contribution in [0.25, 0.3) is 11.1 Å². The molecule has 0 atom stereocenters. The van der Waals surface area contributed by atoms with E-state index in [1.54, 1.807) is 49.0 Å². The second-order valence-corrected chi connectivity index (χ2v) is 6.45. The fourth-order valence-electron chi connectivity index (χ4n) is 2.91. The molecule has 0 saturated heterocycles. The van der Waals surface area contributed by atoms with E-state index in [9.17, 15) is 9.59 Å². The SMILES string of the molecule is COc1ccc(CCNC(=O)c2ccc(-c3ccc(C(=O)NO)cc3)cc2)cc1. The second-order valence-electron chi connectivity index (χ2n) is 6.45. The molecular weight excluding hydrogens is 368 g/mol. The average molecular weight is 390 g/mol. The van der Waals surface area contributed by atoms with E-state index in [4.69, 9.17) is 9.94 Å². The zero-order valence-corrected chi connectivity index (χ0v) is 16.0. The number of methoxy groups -OCH3 is 1. The quantitative estimate of drug-likeness (QED) is 0.426. The molecule has 0 spiro atoms. The Morgan fingerprint density at radius 3 is 1.79 bits per heavy atom. The van der Waals surface area contributed by atoms with E-state index in [-0.39, 0.29) is 5.91 Å². The molecule has 3 aromatic rings. The molecular formula is C23H22N2O4. The van der Waals surface area contributed by atoms with Gasteiger partial charge in [-0.1, -0.05) is 36.4 Å². The molecule has 0 aliphatic rings. The molecule has 3 rings (SSSR count). The zero-order valence-electron chi connectivity index (χ0n) is 16.0. The van der Waals surface area contributed by atoms with Gasteiger partial charge in [-0.05, 0) is 59.5 Å². The largest absolute Gasteiger partial charge is 0.497 e. The predicted octanol–water partition coefficient (Wildman–Crippen LogP) is 3.45. The molecule has 3 aromatic carbocycles. The third-order valence-corrected chi connectivity index (χ3v) is 4.59. The number of carbonyl (C=O) groups excluding carboxylic acids is 2. The summed E-state index contributed by atoms with van der Waals surface area (Å²) >= 11 is 0. The first-order valence-electron chi connectivity index (χ1n) is 9.17. The van der Waals surface area contributed by atoms with Gasteiger partial charge in [-0.15, -0.1) is 0 Å². The summed E-state index contributed by atoms with van der Waals surface area (Å²) in [7, 11) is 1.63. The summed E-state index contributed by atoms with van der Waals surface area (Å²) in [4.78, 5) is 23.7. The number of rotatable bonds is 7. The van der Waals surface area contributed by atoms with Crippen LogP contribution in [0.2, 0.25) is 0 Å². The second kappa shape index (κ2) is 9.52. The topological polar surface area (TPSA) is 87.7 Å². The molecule has 0 aromatic heterocycles. The number of hydrogen-bond acceptors (Lipinski definition) is 4. The Hall–Kier alpha value is -3.64. The maximum atomic E-state index is 12.3. The van der Waals surface area contributed by atoms with Gasteiger partial charge in [0.1, 0.15) is 5.75 Å². The summed E-state index contributed by atoms with van der Waals surface area (Å²) in [5.41, 5.74) is 5.51. The Labute approximate surface area is 169 Å². The van der Waals surface area contributed by atoms with Gasteiger partial charge >= 0.3 is 0 Å². The van der Waals surface area contributed by atoms with E-state index in [0.29, 0.717) is 17.7 Å². The predicted molar refractivity (Wildman–Crippen MR) is 110 cm³/mol. The van der Waals surface area contributed by atoms with Gasteiger partial charge in [0.25, 0.3) is 11.8 Å². The van der Waals surface area contributed by atoms with Crippen LogP contribution in [0.15, 0.2) is 72.8 Å². The third kappa shape index (κ3) is 5.21. The number of benzene rings is 3. The van der Waals surface area contributed by atoms with Crippen LogP contribution in [0.4, 0.5) is 0 Å². The van der Waals surface area contributed by atoms with Gasteiger partial charge in [-0.2, -0.15) is 0 Å². The van der Waals surface area contributed by atoms with Crippen LogP contribution >= 0.6 is 0 Å². The van der Waals surface area contributed by atoms with Crippen LogP contribution in [-0.4, -0.2) is 30.7 Å². The lowest BCUT2D eigenvalue weighted by Crippen LogP contribution is -2.25. The number of amides is 2. The Balaban J connectivity index is 1.56. The molecule has 0 aliphatic carbocycles. The number of hydroxylamine groups is 1. The Bertz CT molecular complexity index is 965. The summed E-state index contributed by atoms with van der Waals surface area (Å²) in [6.07, 6.45) is 0.738. The Kier molecular flexibility index (Phi) is 6.60. The molecule has 6 nitrogen and oxygen atoms in total. The first-order valence-corrected chi connectivity index (χ1v) is 9.17. The number of hydrogen-bond donors (Lipinski definition) is 3. The van der Waals surface area contributed by atoms with Gasteiger partial charge in [-0.25, -0.2) is 5.48 Å². The standard InChI is InChI=1S/C23H22N2O4/c1-29-21-12-2-16(3-13-21)14-15-24-22(26)19-8-4-17(5-9-19)18-6-10-20(11-7-18)23(27)25-28/h2-13,28H,14-15H2,1H3,(H,24,26)(H,25,27). The molecule has 0 saturated carbocycles. The molecule has 0 heterocycles. The lowest BCUT2D eigenvalue weighted by molar-refractivity contribution is 0.0706. The van der Waals surface area contributed by atoms with Gasteiger partial charge < -0.3 is 10.1 Å². The lowest BCUT2D eigenvalue weighted by Gasteiger charge is -2.08. The van der Waals surface area contributed by atoms with Crippen molar-refractivity contribution in [1.82, 2.24) is 10.8 Å². The zero-order chi connectivity index (χ0) is 20.6. The summed E-state index contributed by atoms with van der Waals surface area (Å²) in [6, 6.07) is 21.9. The summed E-state index contributed by atoms with van der Waals surface area (Å²) in [5.74, 6) is 0.127. The molecule has 6 heteroatoms. The van der Waals surface area contributed by atoms with Gasteiger partial charge in [0.05, 0.1) is 7.11 Å². The van der Waals surface area contributed by atoms with Crippen LogP contribution in [0.5, 0.6) is 5.75 Å². The summed E-state index contributed by atoms with van der Waals surface area (Å²) in [5, 5.41) is 11.6. The molecule has 148 valence electrons. The molecule has 0 radical (unpaired) electrons. The fourth-order valence-corrected chi connectivity index (χ4v) is 2.91. The van der Waals surface area contributed by atoms with E-state index in [1.807, 2.05) is 36.4 Å². The van der Waals surface area contributed by atoms with E-state index in [2.05, 4.69) is 5.32 Å². The first-order chi connectivity index (χ1) is 14.1. The molecule has 0 bridgehead atoms. The molecule has 2 amide bonds. The van der Waals surface area contributed by atoms with Crippen LogP contribution in [-0.2, 0) is 6.42 Å². The van der Waals surface area contributed by atoms with Crippen molar-refractivity contribution in [2.24, 2.45) is 0 Å². The minimum atomic E-state index is -0.557. The van der Waals surface area contributed by atoms with Crippen LogP contribution < -0.4 is 15.5 Å². The highest BCUT2D eigenvalue weighted by Gasteiger charge is 2.07. The van der Waals surface area contributed by atoms with E-state index in [1.165, 1.54) is 0 Å². The third-order valence-electron chi connectivity index (χ3n) is 4.59. The highest BCUT2D eigenvalue weighted by atomic mass is 16.5. The minimum absolute atomic E-state index is 0.125. The van der Waals surface area contributed by atoms with E-state index >= 15 is 0 Å². The van der Waals surface area contributed by atoms with Crippen molar-refractivity contribution in [3.05, 3.63) is 89.5 Å². The first kappa shape index (κ1) is 20.1. The normalized spacial score (nSPS) is 10.3. The monoisotopic (exact) mass is 390 g/mol. The van der Waals surface area contributed by atoms with Gasteiger partial charge in [0.15, 0.2) is 0 Å². The van der Waals surface area contributed by atoms with Crippen molar-refractivity contribution in [2.75, 3.05) is 13.7 Å². The highest BCUT2D eigenvalue weighted by Crippen LogP contribution is 2.20. The van der Waals surface area contributed by atoms with E-state index in [0.717, 1.165) is 28.9 Å². The Morgan fingerprint density at radius 2 is 1.31 bits per heavy atom. The average Bonchev–Trinajstić information content (AvgIpc) is 2.79. The molecule has 0 fully saturated rings. The van der Waals surface area contributed by atoms with Gasteiger partial charge in [0, 0.05) is 17.7 Å². The van der Waals surface area contributed by atoms with Crippen molar-refractivity contribution in [3.8, 4) is 16.9 Å². The van der Waals surface area contributed by atoms with Gasteiger partial charge in [-0.3, -0.25) is 14.8 Å². The molecule has 0 aliphatic heterocycles.